The van der Waals surface area contributed by atoms with Crippen molar-refractivity contribution < 1.29 is 13.3 Å². The van der Waals surface area contributed by atoms with E-state index in [9.17, 15) is 8.42 Å². The molecule has 1 aliphatic heterocycles. The van der Waals surface area contributed by atoms with Crippen molar-refractivity contribution in [3.05, 3.63) is 53.6 Å². The van der Waals surface area contributed by atoms with Crippen LogP contribution < -0.4 is 14.5 Å². The van der Waals surface area contributed by atoms with Crippen molar-refractivity contribution in [1.82, 2.24) is 9.97 Å². The summed E-state index contributed by atoms with van der Waals surface area (Å²) in [6.07, 6.45) is 0. The second kappa shape index (κ2) is 7.54. The number of hydrogen-bond donors (Lipinski definition) is 2. The maximum Gasteiger partial charge on any atom is 0.263 e. The lowest BCUT2D eigenvalue weighted by Crippen LogP contribution is -3.12. The lowest BCUT2D eigenvalue weighted by molar-refractivity contribution is -0.880. The van der Waals surface area contributed by atoms with Crippen LogP contribution in [0.4, 0.5) is 11.6 Å². The van der Waals surface area contributed by atoms with Gasteiger partial charge in [-0.25, -0.2) is 18.4 Å². The van der Waals surface area contributed by atoms with Gasteiger partial charge in [0.25, 0.3) is 10.0 Å². The molecule has 2 aromatic carbocycles. The number of halogens is 1. The average Bonchev–Trinajstić information content (AvgIpc) is 2.68. The molecule has 0 unspecified atom stereocenters. The number of sulfonamides is 1. The third-order valence-electron chi connectivity index (χ3n) is 4.82. The van der Waals surface area contributed by atoms with Gasteiger partial charge in [-0.3, -0.25) is 4.72 Å². The van der Waals surface area contributed by atoms with E-state index >= 15 is 0 Å². The number of fused-ring (bicyclic) bond motifs is 1. The maximum absolute atomic E-state index is 12.9. The Kier molecular flexibility index (Phi) is 5.09. The molecule has 0 saturated carbocycles. The molecule has 0 amide bonds. The molecule has 3 aromatic rings. The number of nitrogens with zero attached hydrogens (tertiary/aromatic N) is 3. The Bertz CT molecular complexity index is 1100. The summed E-state index contributed by atoms with van der Waals surface area (Å²) >= 11 is 5.88. The average molecular weight is 419 g/mol. The number of para-hydroxylation sites is 2. The zero-order valence-electron chi connectivity index (χ0n) is 15.4. The second-order valence-corrected chi connectivity index (χ2v) is 9.01. The van der Waals surface area contributed by atoms with Crippen LogP contribution in [0.15, 0.2) is 53.4 Å². The van der Waals surface area contributed by atoms with Gasteiger partial charge in [-0.05, 0) is 36.4 Å². The number of nitrogens with one attached hydrogen (secondary N) is 2. The second-order valence-electron chi connectivity index (χ2n) is 6.89. The molecule has 7 nitrogen and oxygen atoms in total. The summed E-state index contributed by atoms with van der Waals surface area (Å²) in [5.74, 6) is 0.803. The highest BCUT2D eigenvalue weighted by atomic mass is 35.5. The molecule has 2 N–H and O–H groups in total. The topological polar surface area (TPSA) is 79.6 Å². The van der Waals surface area contributed by atoms with Crippen LogP contribution in [0, 0.1) is 0 Å². The van der Waals surface area contributed by atoms with Crippen LogP contribution in [0.25, 0.3) is 11.0 Å². The minimum atomic E-state index is -3.81. The molecule has 2 heterocycles. The van der Waals surface area contributed by atoms with Gasteiger partial charge in [-0.1, -0.05) is 23.7 Å². The maximum atomic E-state index is 12.9. The first-order valence-corrected chi connectivity index (χ1v) is 10.9. The van der Waals surface area contributed by atoms with E-state index in [0.717, 1.165) is 31.7 Å². The summed E-state index contributed by atoms with van der Waals surface area (Å²) in [6, 6.07) is 13.5. The molecule has 0 aliphatic carbocycles. The lowest BCUT2D eigenvalue weighted by Gasteiger charge is -2.31. The fourth-order valence-electron chi connectivity index (χ4n) is 3.18. The number of likely N-dealkylation sites (N-methyl/N-ethyl adjacent to an activating group) is 1. The van der Waals surface area contributed by atoms with Crippen molar-refractivity contribution in [1.29, 1.82) is 0 Å². The number of benzene rings is 2. The van der Waals surface area contributed by atoms with Crippen LogP contribution in [-0.2, 0) is 10.0 Å². The minimum absolute atomic E-state index is 0.126. The van der Waals surface area contributed by atoms with Crippen molar-refractivity contribution in [2.45, 2.75) is 4.90 Å². The van der Waals surface area contributed by atoms with Crippen LogP contribution in [0.1, 0.15) is 0 Å². The monoisotopic (exact) mass is 418 g/mol. The fourth-order valence-corrected chi connectivity index (χ4v) is 4.31. The summed E-state index contributed by atoms with van der Waals surface area (Å²) in [5.41, 5.74) is 1.37. The van der Waals surface area contributed by atoms with Crippen LogP contribution in [0.2, 0.25) is 5.02 Å². The molecule has 1 saturated heterocycles. The van der Waals surface area contributed by atoms with Crippen LogP contribution in [0.3, 0.4) is 0 Å². The first-order valence-electron chi connectivity index (χ1n) is 9.04. The highest BCUT2D eigenvalue weighted by Gasteiger charge is 2.25. The van der Waals surface area contributed by atoms with E-state index in [2.05, 4.69) is 21.7 Å². The summed E-state index contributed by atoms with van der Waals surface area (Å²) in [6.45, 7) is 3.48. The Balaban J connectivity index is 1.76. The minimum Gasteiger partial charge on any atom is -0.342 e. The number of quaternary nitrogens is 1. The van der Waals surface area contributed by atoms with Crippen LogP contribution >= 0.6 is 11.6 Å². The smallest absolute Gasteiger partial charge is 0.263 e. The zero-order valence-corrected chi connectivity index (χ0v) is 17.0. The summed E-state index contributed by atoms with van der Waals surface area (Å²) < 4.78 is 28.4. The van der Waals surface area contributed by atoms with Crippen LogP contribution in [-0.4, -0.2) is 51.6 Å². The predicted molar refractivity (Wildman–Crippen MR) is 111 cm³/mol. The molecule has 0 atom stereocenters. The van der Waals surface area contributed by atoms with Gasteiger partial charge >= 0.3 is 0 Å². The normalized spacial score (nSPS) is 15.7. The highest BCUT2D eigenvalue weighted by Crippen LogP contribution is 2.27. The van der Waals surface area contributed by atoms with E-state index in [-0.39, 0.29) is 10.7 Å². The quantitative estimate of drug-likeness (QED) is 0.669. The van der Waals surface area contributed by atoms with E-state index in [1.54, 1.807) is 12.1 Å². The van der Waals surface area contributed by atoms with Gasteiger partial charge in [0, 0.05) is 5.02 Å². The highest BCUT2D eigenvalue weighted by molar-refractivity contribution is 7.92. The standard InChI is InChI=1S/C19H20ClN5O2S/c1-24-10-12-25(13-11-24)19-18(21-16-4-2-3-5-17(16)22-19)23-28(26,27)15-8-6-14(20)7-9-15/h2-9H,10-13H2,1H3,(H,21,23)/p+1. The molecular formula is C19H21ClN5O2S+. The first-order chi connectivity index (χ1) is 13.4. The van der Waals surface area contributed by atoms with Gasteiger partial charge in [-0.15, -0.1) is 0 Å². The van der Waals surface area contributed by atoms with Gasteiger partial charge in [0.1, 0.15) is 0 Å². The van der Waals surface area contributed by atoms with Gasteiger partial charge in [0.05, 0.1) is 49.2 Å². The van der Waals surface area contributed by atoms with E-state index in [1.807, 2.05) is 24.3 Å². The molecule has 1 fully saturated rings. The summed E-state index contributed by atoms with van der Waals surface area (Å²) in [5, 5.41) is 0.477. The SMILES string of the molecule is C[NH+]1CCN(c2nc3ccccc3nc2NS(=O)(=O)c2ccc(Cl)cc2)CC1. The van der Waals surface area contributed by atoms with Crippen LogP contribution in [0.5, 0.6) is 0 Å². The number of rotatable bonds is 4. The Morgan fingerprint density at radius 3 is 2.25 bits per heavy atom. The number of piperazine rings is 1. The van der Waals surface area contributed by atoms with E-state index in [1.165, 1.54) is 17.0 Å². The lowest BCUT2D eigenvalue weighted by atomic mass is 10.3. The zero-order chi connectivity index (χ0) is 19.7. The third kappa shape index (κ3) is 3.89. The molecule has 146 valence electrons. The number of aromatic nitrogens is 2. The van der Waals surface area contributed by atoms with Gasteiger partial charge < -0.3 is 9.80 Å². The van der Waals surface area contributed by atoms with Crippen molar-refractivity contribution in [3.63, 3.8) is 0 Å². The molecule has 9 heteroatoms. The largest absolute Gasteiger partial charge is 0.342 e. The van der Waals surface area contributed by atoms with E-state index < -0.39 is 10.0 Å². The fraction of sp³-hybridized carbons (Fsp3) is 0.263. The van der Waals surface area contributed by atoms with Crippen molar-refractivity contribution in [2.24, 2.45) is 0 Å². The molecule has 1 aromatic heterocycles. The van der Waals surface area contributed by atoms with E-state index in [4.69, 9.17) is 16.6 Å². The van der Waals surface area contributed by atoms with Gasteiger partial charge in [-0.2, -0.15) is 0 Å². The number of hydrogen-bond acceptors (Lipinski definition) is 5. The molecule has 0 radical (unpaired) electrons. The predicted octanol–water partition coefficient (Wildman–Crippen LogP) is 1.42. The van der Waals surface area contributed by atoms with Crippen molar-refractivity contribution in [2.75, 3.05) is 42.8 Å². The molecule has 1 aliphatic rings. The number of anilines is 2. The Morgan fingerprint density at radius 1 is 1.00 bits per heavy atom. The molecule has 28 heavy (non-hydrogen) atoms. The molecule has 0 spiro atoms. The van der Waals surface area contributed by atoms with Gasteiger partial charge in [0.15, 0.2) is 11.6 Å². The first kappa shape index (κ1) is 18.9. The summed E-state index contributed by atoms with van der Waals surface area (Å²) in [4.78, 5) is 12.9. The third-order valence-corrected chi connectivity index (χ3v) is 6.43. The van der Waals surface area contributed by atoms with Crippen molar-refractivity contribution >= 4 is 44.3 Å². The molecular weight excluding hydrogens is 398 g/mol. The van der Waals surface area contributed by atoms with Gasteiger partial charge in [0.2, 0.25) is 0 Å². The Hall–Kier alpha value is -2.42. The molecule has 4 rings (SSSR count). The Morgan fingerprint density at radius 2 is 1.61 bits per heavy atom. The Labute approximate surface area is 169 Å². The van der Waals surface area contributed by atoms with Crippen molar-refractivity contribution in [3.8, 4) is 0 Å². The molecule has 0 bridgehead atoms. The summed E-state index contributed by atoms with van der Waals surface area (Å²) in [7, 11) is -1.67. The van der Waals surface area contributed by atoms with E-state index in [0.29, 0.717) is 16.4 Å².